The topological polar surface area (TPSA) is 38.9 Å². The van der Waals surface area contributed by atoms with Crippen LogP contribution in [0.5, 0.6) is 0 Å². The molecule has 74 valence electrons. The number of rotatable bonds is 2. The maximum absolute atomic E-state index is 5.60. The van der Waals surface area contributed by atoms with Crippen molar-refractivity contribution in [3.05, 3.63) is 59.9 Å². The SMILES string of the molecule is Nc1ccc(/C=C/c2cccnc2)cc1. The zero-order chi connectivity index (χ0) is 10.5. The molecular formula is C13H12N2. The fourth-order valence-electron chi connectivity index (χ4n) is 1.27. The molecule has 2 rings (SSSR count). The van der Waals surface area contributed by atoms with E-state index >= 15 is 0 Å². The summed E-state index contributed by atoms with van der Waals surface area (Å²) >= 11 is 0. The van der Waals surface area contributed by atoms with Crippen LogP contribution in [-0.4, -0.2) is 4.98 Å². The highest BCUT2D eigenvalue weighted by Crippen LogP contribution is 2.09. The van der Waals surface area contributed by atoms with Crippen molar-refractivity contribution >= 4 is 17.8 Å². The van der Waals surface area contributed by atoms with E-state index in [2.05, 4.69) is 4.98 Å². The monoisotopic (exact) mass is 196 g/mol. The Morgan fingerprint density at radius 3 is 2.33 bits per heavy atom. The number of nitrogens with zero attached hydrogens (tertiary/aromatic N) is 1. The molecule has 0 aliphatic heterocycles. The molecule has 15 heavy (non-hydrogen) atoms. The van der Waals surface area contributed by atoms with Crippen LogP contribution in [-0.2, 0) is 0 Å². The summed E-state index contributed by atoms with van der Waals surface area (Å²) in [5, 5.41) is 0. The number of benzene rings is 1. The Bertz CT molecular complexity index is 444. The number of pyridine rings is 1. The van der Waals surface area contributed by atoms with Gasteiger partial charge in [-0.15, -0.1) is 0 Å². The van der Waals surface area contributed by atoms with E-state index in [1.54, 1.807) is 6.20 Å². The average Bonchev–Trinajstić information content (AvgIpc) is 2.30. The molecule has 0 atom stereocenters. The zero-order valence-electron chi connectivity index (χ0n) is 8.30. The lowest BCUT2D eigenvalue weighted by Gasteiger charge is -1.95. The van der Waals surface area contributed by atoms with Crippen LogP contribution in [0.3, 0.4) is 0 Å². The lowest BCUT2D eigenvalue weighted by molar-refractivity contribution is 1.32. The summed E-state index contributed by atoms with van der Waals surface area (Å²) in [5.74, 6) is 0. The molecule has 2 N–H and O–H groups in total. The Kier molecular flexibility index (Phi) is 2.79. The van der Waals surface area contributed by atoms with E-state index in [1.807, 2.05) is 54.7 Å². The molecule has 0 fully saturated rings. The maximum atomic E-state index is 5.60. The number of nitrogen functional groups attached to an aromatic ring is 1. The third kappa shape index (κ3) is 2.68. The molecular weight excluding hydrogens is 184 g/mol. The summed E-state index contributed by atoms with van der Waals surface area (Å²) in [4.78, 5) is 4.04. The maximum Gasteiger partial charge on any atom is 0.0340 e. The van der Waals surface area contributed by atoms with Crippen LogP contribution < -0.4 is 5.73 Å². The lowest BCUT2D eigenvalue weighted by atomic mass is 10.1. The minimum Gasteiger partial charge on any atom is -0.399 e. The Morgan fingerprint density at radius 1 is 0.933 bits per heavy atom. The highest BCUT2D eigenvalue weighted by Gasteiger charge is 1.87. The number of anilines is 1. The van der Waals surface area contributed by atoms with Crippen molar-refractivity contribution < 1.29 is 0 Å². The second-order valence-corrected chi connectivity index (χ2v) is 3.29. The van der Waals surface area contributed by atoms with Gasteiger partial charge >= 0.3 is 0 Å². The van der Waals surface area contributed by atoms with E-state index in [9.17, 15) is 0 Å². The molecule has 0 amide bonds. The number of aromatic nitrogens is 1. The second kappa shape index (κ2) is 4.42. The molecule has 0 spiro atoms. The van der Waals surface area contributed by atoms with Gasteiger partial charge in [0.05, 0.1) is 0 Å². The highest BCUT2D eigenvalue weighted by atomic mass is 14.6. The molecule has 0 saturated heterocycles. The first kappa shape index (κ1) is 9.46. The van der Waals surface area contributed by atoms with Crippen molar-refractivity contribution in [3.8, 4) is 0 Å². The third-order valence-corrected chi connectivity index (χ3v) is 2.09. The van der Waals surface area contributed by atoms with Gasteiger partial charge in [-0.25, -0.2) is 0 Å². The first-order valence-electron chi connectivity index (χ1n) is 4.78. The van der Waals surface area contributed by atoms with Crippen molar-refractivity contribution in [2.75, 3.05) is 5.73 Å². The van der Waals surface area contributed by atoms with Gasteiger partial charge in [0, 0.05) is 18.1 Å². The normalized spacial score (nSPS) is 10.7. The van der Waals surface area contributed by atoms with Gasteiger partial charge in [0.15, 0.2) is 0 Å². The first-order chi connectivity index (χ1) is 7.34. The second-order valence-electron chi connectivity index (χ2n) is 3.29. The van der Waals surface area contributed by atoms with Gasteiger partial charge in [0.2, 0.25) is 0 Å². The lowest BCUT2D eigenvalue weighted by Crippen LogP contribution is -1.82. The average molecular weight is 196 g/mol. The highest BCUT2D eigenvalue weighted by molar-refractivity contribution is 5.69. The smallest absolute Gasteiger partial charge is 0.0340 e. The van der Waals surface area contributed by atoms with Crippen molar-refractivity contribution in [3.63, 3.8) is 0 Å². The van der Waals surface area contributed by atoms with Crippen LogP contribution >= 0.6 is 0 Å². The molecule has 1 aromatic carbocycles. The summed E-state index contributed by atoms with van der Waals surface area (Å²) in [5.41, 5.74) is 8.61. The molecule has 0 radical (unpaired) electrons. The third-order valence-electron chi connectivity index (χ3n) is 2.09. The van der Waals surface area contributed by atoms with Crippen molar-refractivity contribution in [1.82, 2.24) is 4.98 Å². The summed E-state index contributed by atoms with van der Waals surface area (Å²) in [6.07, 6.45) is 7.66. The van der Waals surface area contributed by atoms with E-state index < -0.39 is 0 Å². The number of nitrogens with two attached hydrogens (primary N) is 1. The molecule has 1 aromatic heterocycles. The molecule has 0 aliphatic carbocycles. The summed E-state index contributed by atoms with van der Waals surface area (Å²) in [7, 11) is 0. The van der Waals surface area contributed by atoms with Gasteiger partial charge in [0.25, 0.3) is 0 Å². The largest absolute Gasteiger partial charge is 0.399 e. The molecule has 2 aromatic rings. The van der Waals surface area contributed by atoms with Gasteiger partial charge in [-0.1, -0.05) is 30.4 Å². The first-order valence-corrected chi connectivity index (χ1v) is 4.78. The predicted molar refractivity (Wildman–Crippen MR) is 64.0 cm³/mol. The van der Waals surface area contributed by atoms with Crippen LogP contribution in [0.4, 0.5) is 5.69 Å². The van der Waals surface area contributed by atoms with E-state index in [-0.39, 0.29) is 0 Å². The van der Waals surface area contributed by atoms with Crippen LogP contribution in [0.2, 0.25) is 0 Å². The number of hydrogen-bond acceptors (Lipinski definition) is 2. The number of hydrogen-bond donors (Lipinski definition) is 1. The zero-order valence-corrected chi connectivity index (χ0v) is 8.30. The van der Waals surface area contributed by atoms with E-state index in [4.69, 9.17) is 5.73 Å². The minimum atomic E-state index is 0.786. The van der Waals surface area contributed by atoms with Crippen molar-refractivity contribution in [1.29, 1.82) is 0 Å². The standard InChI is InChI=1S/C13H12N2/c14-13-7-5-11(6-8-13)3-4-12-2-1-9-15-10-12/h1-10H,14H2/b4-3+. The van der Waals surface area contributed by atoms with Gasteiger partial charge in [0.1, 0.15) is 0 Å². The summed E-state index contributed by atoms with van der Waals surface area (Å²) < 4.78 is 0. The Morgan fingerprint density at radius 2 is 1.67 bits per heavy atom. The summed E-state index contributed by atoms with van der Waals surface area (Å²) in [6, 6.07) is 11.7. The molecule has 0 bridgehead atoms. The quantitative estimate of drug-likeness (QED) is 0.750. The Labute approximate surface area is 89.1 Å². The molecule has 0 saturated carbocycles. The van der Waals surface area contributed by atoms with Crippen LogP contribution in [0.25, 0.3) is 12.2 Å². The van der Waals surface area contributed by atoms with Crippen molar-refractivity contribution in [2.45, 2.75) is 0 Å². The van der Waals surface area contributed by atoms with E-state index in [0.29, 0.717) is 0 Å². The van der Waals surface area contributed by atoms with Crippen LogP contribution in [0.1, 0.15) is 11.1 Å². The van der Waals surface area contributed by atoms with Gasteiger partial charge < -0.3 is 5.73 Å². The van der Waals surface area contributed by atoms with Gasteiger partial charge in [-0.2, -0.15) is 0 Å². The van der Waals surface area contributed by atoms with E-state index in [0.717, 1.165) is 16.8 Å². The van der Waals surface area contributed by atoms with E-state index in [1.165, 1.54) is 0 Å². The Balaban J connectivity index is 2.15. The van der Waals surface area contributed by atoms with Crippen LogP contribution in [0.15, 0.2) is 48.8 Å². The predicted octanol–water partition coefficient (Wildman–Crippen LogP) is 2.83. The van der Waals surface area contributed by atoms with Crippen LogP contribution in [0, 0.1) is 0 Å². The molecule has 2 nitrogen and oxygen atoms in total. The van der Waals surface area contributed by atoms with Gasteiger partial charge in [-0.3, -0.25) is 4.98 Å². The fourth-order valence-corrected chi connectivity index (χ4v) is 1.27. The van der Waals surface area contributed by atoms with Crippen molar-refractivity contribution in [2.24, 2.45) is 0 Å². The molecule has 0 unspecified atom stereocenters. The molecule has 0 aliphatic rings. The minimum absolute atomic E-state index is 0.786. The molecule has 1 heterocycles. The van der Waals surface area contributed by atoms with Gasteiger partial charge in [-0.05, 0) is 29.3 Å². The Hall–Kier alpha value is -2.09. The molecule has 2 heteroatoms. The fraction of sp³-hybridized carbons (Fsp3) is 0. The summed E-state index contributed by atoms with van der Waals surface area (Å²) in [6.45, 7) is 0.